The van der Waals surface area contributed by atoms with E-state index in [1.165, 1.54) is 0 Å². The second kappa shape index (κ2) is 2.90. The van der Waals surface area contributed by atoms with E-state index in [1.54, 1.807) is 4.52 Å². The van der Waals surface area contributed by atoms with Gasteiger partial charge >= 0.3 is 0 Å². The van der Waals surface area contributed by atoms with Crippen molar-refractivity contribution in [2.24, 2.45) is 5.18 Å². The van der Waals surface area contributed by atoms with Crippen LogP contribution < -0.4 is 0 Å². The lowest BCUT2D eigenvalue weighted by molar-refractivity contribution is 0.868. The van der Waals surface area contributed by atoms with Crippen molar-refractivity contribution >= 4 is 11.2 Å². The Balaban J connectivity index is 2.95. The molecular weight excluding hydrogens is 178 g/mol. The first-order chi connectivity index (χ1) is 6.65. The Morgan fingerprint density at radius 3 is 2.64 bits per heavy atom. The van der Waals surface area contributed by atoms with Gasteiger partial charge < -0.3 is 0 Å². The van der Waals surface area contributed by atoms with Gasteiger partial charge in [-0.1, -0.05) is 0 Å². The molecule has 0 aliphatic rings. The quantitative estimate of drug-likeness (QED) is 0.647. The van der Waals surface area contributed by atoms with Gasteiger partial charge in [-0.15, -0.1) is 4.91 Å². The summed E-state index contributed by atoms with van der Waals surface area (Å²) in [6.07, 6.45) is 0. The summed E-state index contributed by atoms with van der Waals surface area (Å²) in [7, 11) is 0. The average Bonchev–Trinajstić information content (AvgIpc) is 2.41. The number of hydrogen-bond donors (Lipinski definition) is 0. The Morgan fingerprint density at radius 2 is 2.00 bits per heavy atom. The van der Waals surface area contributed by atoms with Crippen LogP contribution in [0.3, 0.4) is 0 Å². The molecule has 0 saturated heterocycles. The fourth-order valence-corrected chi connectivity index (χ4v) is 1.59. The molecule has 4 heteroatoms. The van der Waals surface area contributed by atoms with E-state index in [2.05, 4.69) is 10.3 Å². The van der Waals surface area contributed by atoms with Gasteiger partial charge in [-0.05, 0) is 38.1 Å². The highest BCUT2D eigenvalue weighted by Gasteiger charge is 2.12. The molecule has 0 N–H and O–H groups in total. The molecule has 72 valence electrons. The van der Waals surface area contributed by atoms with Crippen LogP contribution in [0.4, 0.5) is 5.69 Å². The van der Waals surface area contributed by atoms with Gasteiger partial charge in [0.2, 0.25) is 0 Å². The third-order valence-electron chi connectivity index (χ3n) is 2.52. The molecule has 0 aromatic carbocycles. The van der Waals surface area contributed by atoms with Crippen molar-refractivity contribution in [3.63, 3.8) is 0 Å². The molecule has 14 heavy (non-hydrogen) atoms. The molecule has 4 nitrogen and oxygen atoms in total. The van der Waals surface area contributed by atoms with Gasteiger partial charge in [0.25, 0.3) is 0 Å². The second-order valence-electron chi connectivity index (χ2n) is 3.42. The SMILES string of the molecule is Cc1ccc2c(N=O)c(C)c(C)n2n1. The lowest BCUT2D eigenvalue weighted by Gasteiger charge is -1.97. The maximum Gasteiger partial charge on any atom is 0.138 e. The summed E-state index contributed by atoms with van der Waals surface area (Å²) in [4.78, 5) is 10.6. The molecule has 2 heterocycles. The largest absolute Gasteiger partial charge is 0.235 e. The summed E-state index contributed by atoms with van der Waals surface area (Å²) in [5.74, 6) is 0. The van der Waals surface area contributed by atoms with E-state index < -0.39 is 0 Å². The highest BCUT2D eigenvalue weighted by Crippen LogP contribution is 2.29. The first kappa shape index (κ1) is 8.87. The number of aryl methyl sites for hydroxylation is 2. The van der Waals surface area contributed by atoms with Crippen LogP contribution >= 0.6 is 0 Å². The first-order valence-corrected chi connectivity index (χ1v) is 4.44. The highest BCUT2D eigenvalue weighted by atomic mass is 16.3. The van der Waals surface area contributed by atoms with E-state index in [1.807, 2.05) is 32.9 Å². The van der Waals surface area contributed by atoms with E-state index >= 15 is 0 Å². The Kier molecular flexibility index (Phi) is 1.84. The van der Waals surface area contributed by atoms with Crippen LogP contribution in [-0.4, -0.2) is 9.61 Å². The number of aromatic nitrogens is 2. The van der Waals surface area contributed by atoms with Gasteiger partial charge in [0, 0.05) is 11.3 Å². The van der Waals surface area contributed by atoms with Crippen molar-refractivity contribution in [2.45, 2.75) is 20.8 Å². The zero-order valence-corrected chi connectivity index (χ0v) is 8.40. The lowest BCUT2D eigenvalue weighted by Crippen LogP contribution is -1.95. The molecule has 0 aliphatic carbocycles. The van der Waals surface area contributed by atoms with Crippen LogP contribution in [-0.2, 0) is 0 Å². The van der Waals surface area contributed by atoms with Crippen LogP contribution in [0.2, 0.25) is 0 Å². The fourth-order valence-electron chi connectivity index (χ4n) is 1.59. The first-order valence-electron chi connectivity index (χ1n) is 4.44. The zero-order valence-electron chi connectivity index (χ0n) is 8.40. The Labute approximate surface area is 81.5 Å². The van der Waals surface area contributed by atoms with Gasteiger partial charge in [0.15, 0.2) is 0 Å². The molecule has 0 spiro atoms. The Hall–Kier alpha value is -1.71. The molecular formula is C10H11N3O. The molecule has 0 fully saturated rings. The van der Waals surface area contributed by atoms with Crippen LogP contribution in [0.5, 0.6) is 0 Å². The topological polar surface area (TPSA) is 46.7 Å². The van der Waals surface area contributed by atoms with Crippen molar-refractivity contribution in [3.05, 3.63) is 34.0 Å². The summed E-state index contributed by atoms with van der Waals surface area (Å²) in [5.41, 5.74) is 4.07. The average molecular weight is 189 g/mol. The minimum absolute atomic E-state index is 0.495. The number of rotatable bonds is 1. The minimum Gasteiger partial charge on any atom is -0.235 e. The van der Waals surface area contributed by atoms with Crippen molar-refractivity contribution in [3.8, 4) is 0 Å². The molecule has 0 saturated carbocycles. The van der Waals surface area contributed by atoms with E-state index in [4.69, 9.17) is 0 Å². The van der Waals surface area contributed by atoms with E-state index in [9.17, 15) is 4.91 Å². The van der Waals surface area contributed by atoms with Crippen molar-refractivity contribution in [1.82, 2.24) is 9.61 Å². The highest BCUT2D eigenvalue weighted by molar-refractivity contribution is 5.74. The van der Waals surface area contributed by atoms with Crippen LogP contribution in [0, 0.1) is 25.7 Å². The number of nitroso groups, excluding NO2 is 1. The van der Waals surface area contributed by atoms with Crippen LogP contribution in [0.1, 0.15) is 17.0 Å². The van der Waals surface area contributed by atoms with Gasteiger partial charge in [0.05, 0.1) is 11.2 Å². The molecule has 0 radical (unpaired) electrons. The summed E-state index contributed by atoms with van der Waals surface area (Å²) in [6.45, 7) is 5.74. The summed E-state index contributed by atoms with van der Waals surface area (Å²) < 4.78 is 1.77. The van der Waals surface area contributed by atoms with Gasteiger partial charge in [-0.25, -0.2) is 4.52 Å². The third kappa shape index (κ3) is 1.04. The van der Waals surface area contributed by atoms with E-state index in [0.29, 0.717) is 5.69 Å². The lowest BCUT2D eigenvalue weighted by atomic mass is 10.2. The third-order valence-corrected chi connectivity index (χ3v) is 2.52. The van der Waals surface area contributed by atoms with Gasteiger partial charge in [0.1, 0.15) is 5.69 Å². The molecule has 2 aromatic rings. The number of nitrogens with zero attached hydrogens (tertiary/aromatic N) is 3. The predicted molar refractivity (Wildman–Crippen MR) is 54.9 cm³/mol. The van der Waals surface area contributed by atoms with Crippen molar-refractivity contribution < 1.29 is 0 Å². The summed E-state index contributed by atoms with van der Waals surface area (Å²) in [5, 5.41) is 7.36. The van der Waals surface area contributed by atoms with E-state index in [-0.39, 0.29) is 0 Å². The molecule has 0 aliphatic heterocycles. The molecule has 0 atom stereocenters. The fraction of sp³-hybridized carbons (Fsp3) is 0.300. The number of fused-ring (bicyclic) bond motifs is 1. The molecule has 0 unspecified atom stereocenters. The summed E-state index contributed by atoms with van der Waals surface area (Å²) in [6, 6.07) is 3.75. The minimum atomic E-state index is 0.495. The monoisotopic (exact) mass is 189 g/mol. The Bertz CT molecular complexity index is 514. The summed E-state index contributed by atoms with van der Waals surface area (Å²) >= 11 is 0. The van der Waals surface area contributed by atoms with Crippen LogP contribution in [0.25, 0.3) is 5.52 Å². The van der Waals surface area contributed by atoms with Crippen molar-refractivity contribution in [2.75, 3.05) is 0 Å². The molecule has 2 rings (SSSR count). The molecule has 0 bridgehead atoms. The van der Waals surface area contributed by atoms with E-state index in [0.717, 1.165) is 22.5 Å². The maximum atomic E-state index is 10.6. The van der Waals surface area contributed by atoms with Crippen molar-refractivity contribution in [1.29, 1.82) is 0 Å². The number of hydrogen-bond acceptors (Lipinski definition) is 3. The normalized spacial score (nSPS) is 10.8. The van der Waals surface area contributed by atoms with Gasteiger partial charge in [-0.3, -0.25) is 0 Å². The van der Waals surface area contributed by atoms with Crippen LogP contribution in [0.15, 0.2) is 17.3 Å². The zero-order chi connectivity index (χ0) is 10.3. The standard InChI is InChI=1S/C10H11N3O/c1-6-4-5-9-10(12-14)7(2)8(3)13(9)11-6/h4-5H,1-3H3. The Morgan fingerprint density at radius 1 is 1.29 bits per heavy atom. The second-order valence-corrected chi connectivity index (χ2v) is 3.42. The molecule has 0 amide bonds. The molecule has 2 aromatic heterocycles. The maximum absolute atomic E-state index is 10.6. The van der Waals surface area contributed by atoms with Gasteiger partial charge in [-0.2, -0.15) is 5.10 Å². The predicted octanol–water partition coefficient (Wildman–Crippen LogP) is 2.66. The smallest absolute Gasteiger partial charge is 0.138 e.